The lowest BCUT2D eigenvalue weighted by Gasteiger charge is -2.22. The van der Waals surface area contributed by atoms with Crippen LogP contribution in [0.25, 0.3) is 0 Å². The van der Waals surface area contributed by atoms with Gasteiger partial charge in [-0.3, -0.25) is 9.59 Å². The van der Waals surface area contributed by atoms with Crippen molar-refractivity contribution >= 4 is 23.4 Å². The van der Waals surface area contributed by atoms with Gasteiger partial charge in [-0.15, -0.1) is 0 Å². The summed E-state index contributed by atoms with van der Waals surface area (Å²) in [5.74, 6) is 0.120. The largest absolute Gasteiger partial charge is 0.341 e. The maximum absolute atomic E-state index is 12.7. The summed E-state index contributed by atoms with van der Waals surface area (Å²) in [6.07, 6.45) is 1.21. The molecule has 1 saturated heterocycles. The van der Waals surface area contributed by atoms with Crippen LogP contribution in [-0.4, -0.2) is 47.8 Å². The van der Waals surface area contributed by atoms with E-state index in [4.69, 9.17) is 11.6 Å². The van der Waals surface area contributed by atoms with Crippen LogP contribution in [0.2, 0.25) is 5.02 Å². The topological polar surface area (TPSA) is 40.6 Å². The van der Waals surface area contributed by atoms with Crippen LogP contribution in [-0.2, 0) is 11.2 Å². The zero-order valence-electron chi connectivity index (χ0n) is 15.0. The molecule has 1 aliphatic rings. The van der Waals surface area contributed by atoms with E-state index in [0.29, 0.717) is 43.2 Å². The number of benzene rings is 2. The Kier molecular flexibility index (Phi) is 5.94. The van der Waals surface area contributed by atoms with E-state index in [1.807, 2.05) is 41.0 Å². The predicted octanol–water partition coefficient (Wildman–Crippen LogP) is 3.57. The summed E-state index contributed by atoms with van der Waals surface area (Å²) >= 11 is 5.89. The molecule has 2 aromatic carbocycles. The molecule has 136 valence electrons. The lowest BCUT2D eigenvalue weighted by atomic mass is 10.1. The number of aryl methyl sites for hydroxylation is 1. The van der Waals surface area contributed by atoms with E-state index in [-0.39, 0.29) is 11.8 Å². The first kappa shape index (κ1) is 18.5. The average molecular weight is 371 g/mol. The van der Waals surface area contributed by atoms with Gasteiger partial charge < -0.3 is 9.80 Å². The minimum Gasteiger partial charge on any atom is -0.341 e. The quantitative estimate of drug-likeness (QED) is 0.828. The summed E-state index contributed by atoms with van der Waals surface area (Å²) in [5, 5.41) is 0.616. The lowest BCUT2D eigenvalue weighted by molar-refractivity contribution is -0.130. The summed E-state index contributed by atoms with van der Waals surface area (Å²) in [7, 11) is 0. The molecule has 0 saturated carbocycles. The Morgan fingerprint density at radius 3 is 2.31 bits per heavy atom. The van der Waals surface area contributed by atoms with Crippen molar-refractivity contribution in [2.24, 2.45) is 0 Å². The van der Waals surface area contributed by atoms with Crippen LogP contribution in [0.3, 0.4) is 0 Å². The summed E-state index contributed by atoms with van der Waals surface area (Å²) in [4.78, 5) is 29.0. The van der Waals surface area contributed by atoms with Crippen LogP contribution in [0.1, 0.15) is 27.9 Å². The van der Waals surface area contributed by atoms with E-state index < -0.39 is 0 Å². The van der Waals surface area contributed by atoms with Gasteiger partial charge in [0.2, 0.25) is 5.91 Å². The van der Waals surface area contributed by atoms with Gasteiger partial charge in [0.05, 0.1) is 6.42 Å². The fourth-order valence-electron chi connectivity index (χ4n) is 3.23. The molecular formula is C21H23ClN2O2. The molecule has 3 rings (SSSR count). The molecule has 5 heteroatoms. The van der Waals surface area contributed by atoms with E-state index >= 15 is 0 Å². The van der Waals surface area contributed by atoms with Crippen LogP contribution < -0.4 is 0 Å². The van der Waals surface area contributed by atoms with Gasteiger partial charge in [0.1, 0.15) is 0 Å². The van der Waals surface area contributed by atoms with Gasteiger partial charge in [-0.2, -0.15) is 0 Å². The fourth-order valence-corrected chi connectivity index (χ4v) is 3.35. The Morgan fingerprint density at radius 2 is 1.58 bits per heavy atom. The first-order valence-electron chi connectivity index (χ1n) is 8.92. The number of amides is 2. The Balaban J connectivity index is 1.61. The molecule has 1 heterocycles. The Morgan fingerprint density at radius 1 is 0.923 bits per heavy atom. The van der Waals surface area contributed by atoms with Crippen molar-refractivity contribution in [1.29, 1.82) is 0 Å². The van der Waals surface area contributed by atoms with E-state index in [1.54, 1.807) is 24.3 Å². The maximum Gasteiger partial charge on any atom is 0.253 e. The number of hydrogen-bond donors (Lipinski definition) is 0. The molecule has 0 bridgehead atoms. The predicted molar refractivity (Wildman–Crippen MR) is 103 cm³/mol. The van der Waals surface area contributed by atoms with Crippen molar-refractivity contribution in [3.05, 3.63) is 70.2 Å². The van der Waals surface area contributed by atoms with E-state index in [0.717, 1.165) is 17.5 Å². The minimum atomic E-state index is -0.00475. The summed E-state index contributed by atoms with van der Waals surface area (Å²) in [6, 6.07) is 14.9. The molecular weight excluding hydrogens is 348 g/mol. The molecule has 0 N–H and O–H groups in total. The molecule has 1 fully saturated rings. The van der Waals surface area contributed by atoms with Crippen LogP contribution >= 0.6 is 11.6 Å². The first-order valence-corrected chi connectivity index (χ1v) is 9.29. The lowest BCUT2D eigenvalue weighted by Crippen LogP contribution is -2.38. The number of halogens is 1. The molecule has 0 aromatic heterocycles. The van der Waals surface area contributed by atoms with Crippen molar-refractivity contribution < 1.29 is 9.59 Å². The van der Waals surface area contributed by atoms with E-state index in [2.05, 4.69) is 0 Å². The number of rotatable bonds is 3. The first-order chi connectivity index (χ1) is 12.5. The maximum atomic E-state index is 12.7. The van der Waals surface area contributed by atoms with E-state index in [9.17, 15) is 9.59 Å². The number of carbonyl (C=O) groups excluding carboxylic acids is 2. The normalized spacial score (nSPS) is 14.8. The highest BCUT2D eigenvalue weighted by molar-refractivity contribution is 6.30. The Labute approximate surface area is 159 Å². The SMILES string of the molecule is Cc1ccccc1CC(=O)N1CCCN(C(=O)c2ccc(Cl)cc2)CC1. The zero-order chi connectivity index (χ0) is 18.5. The molecule has 2 aromatic rings. The van der Waals surface area contributed by atoms with Crippen LogP contribution in [0, 0.1) is 6.92 Å². The van der Waals surface area contributed by atoms with Crippen LogP contribution in [0.5, 0.6) is 0 Å². The minimum absolute atomic E-state index is 0.00475. The fraction of sp³-hybridized carbons (Fsp3) is 0.333. The Hall–Kier alpha value is -2.33. The van der Waals surface area contributed by atoms with Gasteiger partial charge in [0, 0.05) is 36.8 Å². The third-order valence-corrected chi connectivity index (χ3v) is 5.08. The second-order valence-electron chi connectivity index (χ2n) is 6.64. The van der Waals surface area contributed by atoms with Gasteiger partial charge in [-0.05, 0) is 48.7 Å². The second-order valence-corrected chi connectivity index (χ2v) is 7.07. The third kappa shape index (κ3) is 4.44. The van der Waals surface area contributed by atoms with Crippen molar-refractivity contribution in [3.8, 4) is 0 Å². The van der Waals surface area contributed by atoms with Gasteiger partial charge in [-0.1, -0.05) is 35.9 Å². The molecule has 0 atom stereocenters. The molecule has 0 aliphatic carbocycles. The zero-order valence-corrected chi connectivity index (χ0v) is 15.7. The van der Waals surface area contributed by atoms with Crippen LogP contribution in [0.15, 0.2) is 48.5 Å². The average Bonchev–Trinajstić information content (AvgIpc) is 2.90. The molecule has 2 amide bonds. The van der Waals surface area contributed by atoms with Crippen molar-refractivity contribution in [2.45, 2.75) is 19.8 Å². The van der Waals surface area contributed by atoms with Crippen LogP contribution in [0.4, 0.5) is 0 Å². The van der Waals surface area contributed by atoms with Gasteiger partial charge in [0.25, 0.3) is 5.91 Å². The molecule has 4 nitrogen and oxygen atoms in total. The highest BCUT2D eigenvalue weighted by Gasteiger charge is 2.23. The highest BCUT2D eigenvalue weighted by Crippen LogP contribution is 2.15. The molecule has 1 aliphatic heterocycles. The summed E-state index contributed by atoms with van der Waals surface area (Å²) < 4.78 is 0. The molecule has 0 unspecified atom stereocenters. The smallest absolute Gasteiger partial charge is 0.253 e. The molecule has 26 heavy (non-hydrogen) atoms. The number of carbonyl (C=O) groups is 2. The van der Waals surface area contributed by atoms with E-state index in [1.165, 1.54) is 0 Å². The number of hydrogen-bond acceptors (Lipinski definition) is 2. The van der Waals surface area contributed by atoms with Gasteiger partial charge in [0.15, 0.2) is 0 Å². The van der Waals surface area contributed by atoms with Gasteiger partial charge in [-0.25, -0.2) is 0 Å². The summed E-state index contributed by atoms with van der Waals surface area (Å²) in [6.45, 7) is 4.51. The summed E-state index contributed by atoms with van der Waals surface area (Å²) in [5.41, 5.74) is 2.83. The standard InChI is InChI=1S/C21H23ClN2O2/c1-16-5-2-3-6-18(16)15-20(25)23-11-4-12-24(14-13-23)21(26)17-7-9-19(22)10-8-17/h2-3,5-10H,4,11-15H2,1H3. The third-order valence-electron chi connectivity index (χ3n) is 4.83. The number of nitrogens with zero attached hydrogens (tertiary/aromatic N) is 2. The monoisotopic (exact) mass is 370 g/mol. The Bertz CT molecular complexity index is 789. The molecule has 0 spiro atoms. The molecule has 0 radical (unpaired) electrons. The van der Waals surface area contributed by atoms with Crippen molar-refractivity contribution in [3.63, 3.8) is 0 Å². The van der Waals surface area contributed by atoms with Crippen molar-refractivity contribution in [2.75, 3.05) is 26.2 Å². The van der Waals surface area contributed by atoms with Gasteiger partial charge >= 0.3 is 0 Å². The second kappa shape index (κ2) is 8.37. The highest BCUT2D eigenvalue weighted by atomic mass is 35.5. The van der Waals surface area contributed by atoms with Crippen molar-refractivity contribution in [1.82, 2.24) is 9.80 Å².